The molecule has 0 unspecified atom stereocenters. The number of fused-ring (bicyclic) bond motifs is 1. The first-order valence-corrected chi connectivity index (χ1v) is 7.14. The Labute approximate surface area is 111 Å². The van der Waals surface area contributed by atoms with Crippen LogP contribution in [0.2, 0.25) is 0 Å². The van der Waals surface area contributed by atoms with Gasteiger partial charge in [-0.1, -0.05) is 13.8 Å². The summed E-state index contributed by atoms with van der Waals surface area (Å²) in [6, 6.07) is 0. The van der Waals surface area contributed by atoms with Gasteiger partial charge in [0.15, 0.2) is 0 Å². The smallest absolute Gasteiger partial charge is 0.142 e. The fourth-order valence-electron chi connectivity index (χ4n) is 2.14. The first-order chi connectivity index (χ1) is 8.75. The lowest BCUT2D eigenvalue weighted by molar-refractivity contribution is 0.616. The summed E-state index contributed by atoms with van der Waals surface area (Å²) in [5, 5.41) is 6.38. The van der Waals surface area contributed by atoms with Gasteiger partial charge in [0.25, 0.3) is 0 Å². The molecule has 4 nitrogen and oxygen atoms in total. The van der Waals surface area contributed by atoms with E-state index in [0.717, 1.165) is 36.0 Å². The highest BCUT2D eigenvalue weighted by molar-refractivity contribution is 7.13. The van der Waals surface area contributed by atoms with Crippen LogP contribution in [0.1, 0.15) is 36.8 Å². The molecule has 3 heterocycles. The number of nitrogens with one attached hydrogen (secondary N) is 1. The van der Waals surface area contributed by atoms with Crippen LogP contribution in [-0.2, 0) is 13.0 Å². The summed E-state index contributed by atoms with van der Waals surface area (Å²) >= 11 is 1.64. The molecule has 5 heteroatoms. The molecule has 0 fully saturated rings. The third-order valence-corrected chi connectivity index (χ3v) is 3.88. The molecule has 0 spiro atoms. The van der Waals surface area contributed by atoms with Crippen LogP contribution in [0.3, 0.4) is 0 Å². The fraction of sp³-hybridized carbons (Fsp3) is 0.462. The highest BCUT2D eigenvalue weighted by atomic mass is 32.1. The number of hydrogen-bond acceptors (Lipinski definition) is 5. The SMILES string of the molecule is CC(C)c1nc2c(c(-c3nccs3)n1)CNCC2. The first-order valence-electron chi connectivity index (χ1n) is 6.26. The van der Waals surface area contributed by atoms with Gasteiger partial charge >= 0.3 is 0 Å². The molecule has 18 heavy (non-hydrogen) atoms. The monoisotopic (exact) mass is 260 g/mol. The maximum absolute atomic E-state index is 4.72. The van der Waals surface area contributed by atoms with Crippen LogP contribution in [-0.4, -0.2) is 21.5 Å². The van der Waals surface area contributed by atoms with Gasteiger partial charge in [-0.3, -0.25) is 0 Å². The lowest BCUT2D eigenvalue weighted by Crippen LogP contribution is -2.26. The Morgan fingerprint density at radius 2 is 2.22 bits per heavy atom. The van der Waals surface area contributed by atoms with E-state index < -0.39 is 0 Å². The van der Waals surface area contributed by atoms with Gasteiger partial charge in [0.2, 0.25) is 0 Å². The van der Waals surface area contributed by atoms with Crippen molar-refractivity contribution >= 4 is 11.3 Å². The third kappa shape index (κ3) is 2.04. The van der Waals surface area contributed by atoms with Crippen LogP contribution in [0.4, 0.5) is 0 Å². The second-order valence-corrected chi connectivity index (χ2v) is 5.67. The van der Waals surface area contributed by atoms with Gasteiger partial charge in [0.05, 0.1) is 5.69 Å². The van der Waals surface area contributed by atoms with E-state index in [1.807, 2.05) is 11.6 Å². The molecule has 0 radical (unpaired) electrons. The number of nitrogens with zero attached hydrogens (tertiary/aromatic N) is 3. The Kier molecular flexibility index (Phi) is 3.09. The van der Waals surface area contributed by atoms with Crippen molar-refractivity contribution < 1.29 is 0 Å². The molecule has 0 bridgehead atoms. The zero-order valence-electron chi connectivity index (χ0n) is 10.6. The summed E-state index contributed by atoms with van der Waals surface area (Å²) in [4.78, 5) is 13.8. The highest BCUT2D eigenvalue weighted by Crippen LogP contribution is 2.28. The molecule has 1 N–H and O–H groups in total. The minimum absolute atomic E-state index is 0.351. The van der Waals surface area contributed by atoms with Gasteiger partial charge in [0.1, 0.15) is 16.5 Å². The van der Waals surface area contributed by atoms with Crippen molar-refractivity contribution in [1.82, 2.24) is 20.3 Å². The molecule has 0 aromatic carbocycles. The van der Waals surface area contributed by atoms with Crippen LogP contribution in [0.25, 0.3) is 10.7 Å². The number of aromatic nitrogens is 3. The molecule has 3 rings (SSSR count). The molecule has 94 valence electrons. The van der Waals surface area contributed by atoms with Gasteiger partial charge in [-0.25, -0.2) is 15.0 Å². The van der Waals surface area contributed by atoms with Crippen LogP contribution < -0.4 is 5.32 Å². The van der Waals surface area contributed by atoms with Crippen LogP contribution in [0.5, 0.6) is 0 Å². The number of thiazole rings is 1. The molecule has 0 aliphatic carbocycles. The maximum Gasteiger partial charge on any atom is 0.142 e. The zero-order valence-corrected chi connectivity index (χ0v) is 11.4. The molecule has 0 saturated carbocycles. The van der Waals surface area contributed by atoms with Crippen LogP contribution in [0.15, 0.2) is 11.6 Å². The minimum Gasteiger partial charge on any atom is -0.312 e. The van der Waals surface area contributed by atoms with Crippen molar-refractivity contribution in [2.24, 2.45) is 0 Å². The van der Waals surface area contributed by atoms with E-state index in [-0.39, 0.29) is 0 Å². The Morgan fingerprint density at radius 3 is 2.94 bits per heavy atom. The summed E-state index contributed by atoms with van der Waals surface area (Å²) in [7, 11) is 0. The van der Waals surface area contributed by atoms with E-state index in [0.29, 0.717) is 5.92 Å². The molecule has 0 amide bonds. The van der Waals surface area contributed by atoms with Gasteiger partial charge in [-0.15, -0.1) is 11.3 Å². The minimum atomic E-state index is 0.351. The summed E-state index contributed by atoms with van der Waals surface area (Å²) in [5.74, 6) is 1.28. The molecule has 0 saturated heterocycles. The predicted octanol–water partition coefficient (Wildman–Crippen LogP) is 2.37. The van der Waals surface area contributed by atoms with Crippen molar-refractivity contribution in [1.29, 1.82) is 0 Å². The predicted molar refractivity (Wildman–Crippen MR) is 72.6 cm³/mol. The van der Waals surface area contributed by atoms with E-state index in [4.69, 9.17) is 9.97 Å². The molecule has 2 aromatic rings. The van der Waals surface area contributed by atoms with Crippen molar-refractivity contribution in [2.75, 3.05) is 6.54 Å². The van der Waals surface area contributed by atoms with E-state index in [1.165, 1.54) is 11.3 Å². The van der Waals surface area contributed by atoms with Gasteiger partial charge in [-0.05, 0) is 0 Å². The highest BCUT2D eigenvalue weighted by Gasteiger charge is 2.20. The number of hydrogen-bond donors (Lipinski definition) is 1. The second-order valence-electron chi connectivity index (χ2n) is 4.77. The lowest BCUT2D eigenvalue weighted by Gasteiger charge is -2.20. The van der Waals surface area contributed by atoms with E-state index in [1.54, 1.807) is 11.3 Å². The van der Waals surface area contributed by atoms with E-state index in [9.17, 15) is 0 Å². The maximum atomic E-state index is 4.72. The van der Waals surface area contributed by atoms with Crippen molar-refractivity contribution in [3.8, 4) is 10.7 Å². The summed E-state index contributed by atoms with van der Waals surface area (Å²) in [5.41, 5.74) is 3.43. The second kappa shape index (κ2) is 4.74. The Morgan fingerprint density at radius 1 is 1.33 bits per heavy atom. The molecular weight excluding hydrogens is 244 g/mol. The topological polar surface area (TPSA) is 50.7 Å². The largest absolute Gasteiger partial charge is 0.312 e. The van der Waals surface area contributed by atoms with Crippen molar-refractivity contribution in [3.63, 3.8) is 0 Å². The third-order valence-electron chi connectivity index (χ3n) is 3.10. The molecular formula is C13H16N4S. The molecule has 1 aliphatic rings. The standard InChI is InChI=1S/C13H16N4S/c1-8(2)12-16-10-3-4-14-7-9(10)11(17-12)13-15-5-6-18-13/h5-6,8,14H,3-4,7H2,1-2H3. The lowest BCUT2D eigenvalue weighted by atomic mass is 10.0. The van der Waals surface area contributed by atoms with Crippen molar-refractivity contribution in [2.45, 2.75) is 32.7 Å². The zero-order chi connectivity index (χ0) is 12.5. The summed E-state index contributed by atoms with van der Waals surface area (Å²) < 4.78 is 0. The van der Waals surface area contributed by atoms with Crippen LogP contribution in [0, 0.1) is 0 Å². The quantitative estimate of drug-likeness (QED) is 0.900. The Hall–Kier alpha value is -1.33. The molecule has 0 atom stereocenters. The first kappa shape index (κ1) is 11.7. The Bertz CT molecular complexity index is 548. The Balaban J connectivity index is 2.18. The average molecular weight is 260 g/mol. The average Bonchev–Trinajstić information content (AvgIpc) is 2.91. The fourth-order valence-corrected chi connectivity index (χ4v) is 2.79. The van der Waals surface area contributed by atoms with Crippen molar-refractivity contribution in [3.05, 3.63) is 28.7 Å². The number of rotatable bonds is 2. The van der Waals surface area contributed by atoms with Gasteiger partial charge in [0, 0.05) is 42.6 Å². The van der Waals surface area contributed by atoms with E-state index in [2.05, 4.69) is 24.1 Å². The van der Waals surface area contributed by atoms with E-state index >= 15 is 0 Å². The molecule has 1 aliphatic heterocycles. The normalized spacial score (nSPS) is 14.8. The summed E-state index contributed by atoms with van der Waals surface area (Å²) in [6.45, 7) is 6.12. The van der Waals surface area contributed by atoms with Gasteiger partial charge in [-0.2, -0.15) is 0 Å². The van der Waals surface area contributed by atoms with Gasteiger partial charge < -0.3 is 5.32 Å². The molecule has 2 aromatic heterocycles. The summed E-state index contributed by atoms with van der Waals surface area (Å²) in [6.07, 6.45) is 2.82. The van der Waals surface area contributed by atoms with Crippen LogP contribution >= 0.6 is 11.3 Å².